The van der Waals surface area contributed by atoms with Crippen LogP contribution in [0.5, 0.6) is 0 Å². The zero-order valence-corrected chi connectivity index (χ0v) is 31.2. The lowest BCUT2D eigenvalue weighted by Gasteiger charge is -2.30. The number of carbonyl (C=O) groups excluding carboxylic acids is 5. The van der Waals surface area contributed by atoms with Crippen molar-refractivity contribution in [2.24, 2.45) is 22.7 Å². The molecule has 0 radical (unpaired) electrons. The summed E-state index contributed by atoms with van der Waals surface area (Å²) in [6.45, 7) is 12.2. The van der Waals surface area contributed by atoms with Crippen LogP contribution in [0.4, 0.5) is 0 Å². The second-order valence-electron chi connectivity index (χ2n) is 15.5. The molecule has 0 bridgehead atoms. The molecule has 1 amide bonds. The fourth-order valence-electron chi connectivity index (χ4n) is 7.70. The summed E-state index contributed by atoms with van der Waals surface area (Å²) in [6, 6.07) is 0. The van der Waals surface area contributed by atoms with Crippen molar-refractivity contribution in [3.8, 4) is 0 Å². The summed E-state index contributed by atoms with van der Waals surface area (Å²) in [5, 5.41) is 9.40. The van der Waals surface area contributed by atoms with Gasteiger partial charge in [0.2, 0.25) is 5.91 Å². The van der Waals surface area contributed by atoms with E-state index in [9.17, 15) is 33.9 Å². The van der Waals surface area contributed by atoms with E-state index in [4.69, 9.17) is 4.74 Å². The minimum absolute atomic E-state index is 0.0395. The third-order valence-corrected chi connectivity index (χ3v) is 11.5. The smallest absolute Gasteiger partial charge is 0.341 e. The molecule has 276 valence electrons. The molecule has 3 saturated heterocycles. The molecule has 1 N–H and O–H groups in total. The van der Waals surface area contributed by atoms with Crippen LogP contribution in [0.15, 0.2) is 12.2 Å². The summed E-state index contributed by atoms with van der Waals surface area (Å²) in [6.07, 6.45) is 16.9. The first kappa shape index (κ1) is 40.8. The number of rotatable bonds is 7. The number of carboxylic acids is 1. The Hall–Kier alpha value is -2.60. The molecule has 3 heterocycles. The molecule has 6 aliphatic rings. The standard InChI is InChI=1S/C15H25NO4.C11H16O3.C6H11Br.C5H4O3/c1-15(4-2-3-5-15)11-12(14(18)19)10-13(17)16-6-8-20-9-7-16;1-11(4-2-3-5-11)7-8-6-9(12)14-10(8)13;1-6(7)4-2-3-5-6;1-3-2-4(6)8-5(3)7/h12H,2-11H2,1H3,(H,18,19);8H,2-7H2,1H3;2-5H2,1H3;1-2H2. The van der Waals surface area contributed by atoms with Gasteiger partial charge < -0.3 is 24.2 Å². The number of hydrogen-bond donors (Lipinski definition) is 1. The molecule has 3 saturated carbocycles. The molecule has 49 heavy (non-hydrogen) atoms. The van der Waals surface area contributed by atoms with Crippen molar-refractivity contribution in [3.05, 3.63) is 12.2 Å². The zero-order chi connectivity index (χ0) is 36.2. The van der Waals surface area contributed by atoms with Crippen molar-refractivity contribution < 1.29 is 48.1 Å². The quantitative estimate of drug-likeness (QED) is 0.129. The van der Waals surface area contributed by atoms with Gasteiger partial charge >= 0.3 is 29.8 Å². The zero-order valence-electron chi connectivity index (χ0n) is 29.7. The number of alkyl halides is 1. The first-order valence-corrected chi connectivity index (χ1v) is 18.7. The highest BCUT2D eigenvalue weighted by Gasteiger charge is 2.40. The number of carbonyl (C=O) groups is 6. The molecule has 0 aromatic rings. The van der Waals surface area contributed by atoms with Crippen LogP contribution in [-0.2, 0) is 43.0 Å². The van der Waals surface area contributed by atoms with E-state index in [-0.39, 0.29) is 53.0 Å². The molecule has 3 aliphatic heterocycles. The summed E-state index contributed by atoms with van der Waals surface area (Å²) in [5.74, 6) is -3.32. The third-order valence-electron chi connectivity index (χ3n) is 10.7. The summed E-state index contributed by atoms with van der Waals surface area (Å²) in [7, 11) is 0. The number of hydrogen-bond acceptors (Lipinski definition) is 9. The van der Waals surface area contributed by atoms with E-state index in [0.717, 1.165) is 19.3 Å². The van der Waals surface area contributed by atoms with Crippen molar-refractivity contribution in [2.75, 3.05) is 26.3 Å². The van der Waals surface area contributed by atoms with Crippen LogP contribution in [0.3, 0.4) is 0 Å². The van der Waals surface area contributed by atoms with E-state index < -0.39 is 23.8 Å². The number of ether oxygens (including phenoxy) is 3. The van der Waals surface area contributed by atoms with Gasteiger partial charge in [-0.3, -0.25) is 24.0 Å². The normalized spacial score (nSPS) is 25.6. The minimum Gasteiger partial charge on any atom is -0.481 e. The van der Waals surface area contributed by atoms with Crippen molar-refractivity contribution in [1.29, 1.82) is 0 Å². The lowest BCUT2D eigenvalue weighted by molar-refractivity contribution is -0.154. The SMILES string of the molecule is C=C1CC(=O)OC1=O.CC1(Br)CCCC1.CC1(CC(CC(=O)N2CCOCC2)C(=O)O)CCCC1.CC1(CC2CC(=O)OC2=O)CCCC1. The molecule has 0 aromatic carbocycles. The number of esters is 4. The highest BCUT2D eigenvalue weighted by atomic mass is 79.9. The van der Waals surface area contributed by atoms with Crippen LogP contribution < -0.4 is 0 Å². The maximum absolute atomic E-state index is 12.2. The molecule has 6 fully saturated rings. The monoisotopic (exact) mass is 753 g/mol. The number of carboxylic acid groups (broad SMARTS) is 1. The Morgan fingerprint density at radius 2 is 1.39 bits per heavy atom. The topological polar surface area (TPSA) is 154 Å². The van der Waals surface area contributed by atoms with Gasteiger partial charge in [-0.25, -0.2) is 4.79 Å². The van der Waals surface area contributed by atoms with Crippen LogP contribution >= 0.6 is 15.9 Å². The van der Waals surface area contributed by atoms with Crippen molar-refractivity contribution >= 4 is 51.7 Å². The number of halogens is 1. The number of nitrogens with zero attached hydrogens (tertiary/aromatic N) is 1. The van der Waals surface area contributed by atoms with Gasteiger partial charge in [-0.2, -0.15) is 0 Å². The van der Waals surface area contributed by atoms with Gasteiger partial charge in [-0.15, -0.1) is 0 Å². The van der Waals surface area contributed by atoms with Gasteiger partial charge in [-0.1, -0.05) is 74.9 Å². The number of cyclic esters (lactones) is 4. The average molecular weight is 755 g/mol. The molecule has 0 spiro atoms. The van der Waals surface area contributed by atoms with E-state index in [1.165, 1.54) is 64.2 Å². The molecule has 6 rings (SSSR count). The Kier molecular flexibility index (Phi) is 15.5. The molecule has 11 nitrogen and oxygen atoms in total. The highest BCUT2D eigenvalue weighted by Crippen LogP contribution is 2.45. The molecular weight excluding hydrogens is 698 g/mol. The fraction of sp³-hybridized carbons (Fsp3) is 0.784. The van der Waals surface area contributed by atoms with Crippen LogP contribution in [0, 0.1) is 22.7 Å². The van der Waals surface area contributed by atoms with Gasteiger partial charge in [-0.05, 0) is 69.1 Å². The largest absolute Gasteiger partial charge is 0.481 e. The molecule has 3 aliphatic carbocycles. The second-order valence-corrected chi connectivity index (χ2v) is 17.4. The van der Waals surface area contributed by atoms with E-state index in [0.29, 0.717) is 43.5 Å². The van der Waals surface area contributed by atoms with Gasteiger partial charge in [0.15, 0.2) is 0 Å². The second kappa shape index (κ2) is 18.6. The Morgan fingerprint density at radius 3 is 1.78 bits per heavy atom. The van der Waals surface area contributed by atoms with Crippen molar-refractivity contribution in [2.45, 2.75) is 134 Å². The van der Waals surface area contributed by atoms with E-state index in [2.05, 4.69) is 52.8 Å². The minimum atomic E-state index is -0.834. The molecule has 2 unspecified atom stereocenters. The Balaban J connectivity index is 0.000000193. The number of aliphatic carboxylic acids is 1. The molecule has 2 atom stereocenters. The average Bonchev–Trinajstić information content (AvgIpc) is 3.87. The maximum atomic E-state index is 12.2. The summed E-state index contributed by atoms with van der Waals surface area (Å²) in [5.41, 5.74) is 0.623. The van der Waals surface area contributed by atoms with Gasteiger partial charge in [0.05, 0.1) is 37.9 Å². The van der Waals surface area contributed by atoms with E-state index in [1.807, 2.05) is 0 Å². The summed E-state index contributed by atoms with van der Waals surface area (Å²) < 4.78 is 14.4. The summed E-state index contributed by atoms with van der Waals surface area (Å²) in [4.78, 5) is 68.0. The van der Waals surface area contributed by atoms with Crippen molar-refractivity contribution in [1.82, 2.24) is 4.90 Å². The van der Waals surface area contributed by atoms with Crippen LogP contribution in [0.2, 0.25) is 0 Å². The first-order valence-electron chi connectivity index (χ1n) is 17.9. The van der Waals surface area contributed by atoms with E-state index in [1.54, 1.807) is 4.90 Å². The Bertz CT molecular complexity index is 1190. The molecular formula is C37H56BrNO10. The first-order chi connectivity index (χ1) is 23.0. The predicted octanol–water partition coefficient (Wildman–Crippen LogP) is 6.68. The van der Waals surface area contributed by atoms with Crippen LogP contribution in [0.25, 0.3) is 0 Å². The number of amides is 1. The Morgan fingerprint density at radius 1 is 0.857 bits per heavy atom. The Labute approximate surface area is 299 Å². The molecule has 12 heteroatoms. The highest BCUT2D eigenvalue weighted by molar-refractivity contribution is 9.10. The molecule has 0 aromatic heterocycles. The van der Waals surface area contributed by atoms with Gasteiger partial charge in [0.1, 0.15) is 0 Å². The maximum Gasteiger partial charge on any atom is 0.341 e. The summed E-state index contributed by atoms with van der Waals surface area (Å²) >= 11 is 3.64. The number of morpholine rings is 1. The van der Waals surface area contributed by atoms with Crippen LogP contribution in [0.1, 0.15) is 130 Å². The van der Waals surface area contributed by atoms with Gasteiger partial charge in [0, 0.05) is 29.4 Å². The fourth-order valence-corrected chi connectivity index (χ4v) is 8.26. The van der Waals surface area contributed by atoms with Crippen molar-refractivity contribution in [3.63, 3.8) is 0 Å². The third kappa shape index (κ3) is 13.9. The predicted molar refractivity (Wildman–Crippen MR) is 185 cm³/mol. The van der Waals surface area contributed by atoms with Gasteiger partial charge in [0.25, 0.3) is 0 Å². The lowest BCUT2D eigenvalue weighted by Crippen LogP contribution is -2.42. The van der Waals surface area contributed by atoms with E-state index >= 15 is 0 Å². The van der Waals surface area contributed by atoms with Crippen LogP contribution in [-0.4, -0.2) is 76.4 Å². The lowest BCUT2D eigenvalue weighted by atomic mass is 9.78.